The van der Waals surface area contributed by atoms with E-state index in [1.807, 2.05) is 41.5 Å². The van der Waals surface area contributed by atoms with Gasteiger partial charge in [0.05, 0.1) is 12.7 Å². The van der Waals surface area contributed by atoms with E-state index in [4.69, 9.17) is 15.2 Å². The van der Waals surface area contributed by atoms with Crippen molar-refractivity contribution in [2.75, 3.05) is 12.8 Å². The molecule has 0 fully saturated rings. The molecule has 0 spiro atoms. The van der Waals surface area contributed by atoms with Crippen LogP contribution in [0.25, 0.3) is 22.3 Å². The lowest BCUT2D eigenvalue weighted by Gasteiger charge is -2.31. The van der Waals surface area contributed by atoms with Crippen LogP contribution < -0.4 is 5.73 Å². The Labute approximate surface area is 224 Å². The van der Waals surface area contributed by atoms with Crippen molar-refractivity contribution in [1.29, 1.82) is 0 Å². The maximum atomic E-state index is 13.1. The highest BCUT2D eigenvalue weighted by Crippen LogP contribution is 2.46. The van der Waals surface area contributed by atoms with Crippen molar-refractivity contribution in [2.45, 2.75) is 87.9 Å². The Morgan fingerprint density at radius 3 is 1.62 bits per heavy atom. The van der Waals surface area contributed by atoms with Crippen LogP contribution in [0.15, 0.2) is 36.4 Å². The largest absolute Gasteiger partial charge is 0.467 e. The summed E-state index contributed by atoms with van der Waals surface area (Å²) in [4.78, 5) is 13.1. The second-order valence-corrected chi connectivity index (χ2v) is 10.6. The molecule has 0 aliphatic heterocycles. The van der Waals surface area contributed by atoms with Gasteiger partial charge in [-0.25, -0.2) is 4.79 Å². The number of nitrogen functional groups attached to an aromatic ring is 1. The van der Waals surface area contributed by atoms with Crippen molar-refractivity contribution in [3.05, 3.63) is 75.3 Å². The summed E-state index contributed by atoms with van der Waals surface area (Å²) in [6.07, 6.45) is -0.911. The highest BCUT2D eigenvalue weighted by atomic mass is 16.6. The fourth-order valence-electron chi connectivity index (χ4n) is 4.60. The molecule has 2 N–H and O–H groups in total. The van der Waals surface area contributed by atoms with Crippen LogP contribution in [0.2, 0.25) is 0 Å². The number of ether oxygens (including phenoxy) is 2. The fourth-order valence-corrected chi connectivity index (χ4v) is 4.60. The minimum atomic E-state index is -0.911. The SMILES string of the molecule is CC.COC(=O)C(OC(C)(C)C)c1c(C)c(N)c(-c2ccc(C)c(C)c2)c(C)c1-c1ccc(C)c(C)c1. The molecule has 3 aromatic rings. The molecule has 4 nitrogen and oxygen atoms in total. The summed E-state index contributed by atoms with van der Waals surface area (Å²) in [5, 5.41) is 0. The van der Waals surface area contributed by atoms with Gasteiger partial charge in [-0.3, -0.25) is 0 Å². The van der Waals surface area contributed by atoms with E-state index in [1.54, 1.807) is 0 Å². The summed E-state index contributed by atoms with van der Waals surface area (Å²) in [6.45, 7) is 22.3. The zero-order valence-corrected chi connectivity index (χ0v) is 24.8. The topological polar surface area (TPSA) is 61.5 Å². The number of methoxy groups -OCH3 is 1. The first-order valence-electron chi connectivity index (χ1n) is 13.1. The second-order valence-electron chi connectivity index (χ2n) is 10.6. The second kappa shape index (κ2) is 12.0. The molecule has 1 unspecified atom stereocenters. The van der Waals surface area contributed by atoms with Crippen molar-refractivity contribution in [2.24, 2.45) is 0 Å². The number of nitrogens with two attached hydrogens (primary N) is 1. The fraction of sp³-hybridized carbons (Fsp3) is 0.424. The molecule has 3 aromatic carbocycles. The van der Waals surface area contributed by atoms with Crippen molar-refractivity contribution < 1.29 is 14.3 Å². The van der Waals surface area contributed by atoms with E-state index in [1.165, 1.54) is 29.4 Å². The molecule has 0 saturated heterocycles. The van der Waals surface area contributed by atoms with Gasteiger partial charge in [-0.2, -0.15) is 0 Å². The van der Waals surface area contributed by atoms with Gasteiger partial charge in [-0.15, -0.1) is 0 Å². The number of carbonyl (C=O) groups is 1. The first-order valence-corrected chi connectivity index (χ1v) is 13.1. The van der Waals surface area contributed by atoms with Gasteiger partial charge >= 0.3 is 5.97 Å². The van der Waals surface area contributed by atoms with Gasteiger partial charge in [0.1, 0.15) is 0 Å². The molecule has 0 aromatic heterocycles. The van der Waals surface area contributed by atoms with Gasteiger partial charge in [0.25, 0.3) is 0 Å². The van der Waals surface area contributed by atoms with Gasteiger partial charge in [0.2, 0.25) is 0 Å². The van der Waals surface area contributed by atoms with Crippen LogP contribution in [0.4, 0.5) is 5.69 Å². The van der Waals surface area contributed by atoms with E-state index in [2.05, 4.69) is 71.0 Å². The molecule has 0 radical (unpaired) electrons. The van der Waals surface area contributed by atoms with Crippen LogP contribution in [0, 0.1) is 41.5 Å². The summed E-state index contributed by atoms with van der Waals surface area (Å²) < 4.78 is 11.6. The molecule has 37 heavy (non-hydrogen) atoms. The standard InChI is InChI=1S/C31H39NO3.C2H6/c1-17-11-13-23(15-19(17)3)25-21(5)26(24-14-12-18(2)20(4)16-24)28(32)22(6)27(25)29(30(33)34-10)35-31(7,8)9;1-2/h11-16,29H,32H2,1-10H3;1-2H3. The van der Waals surface area contributed by atoms with Gasteiger partial charge in [0, 0.05) is 16.8 Å². The molecular weight excluding hydrogens is 458 g/mol. The Morgan fingerprint density at radius 1 is 0.757 bits per heavy atom. The third-order valence-electron chi connectivity index (χ3n) is 6.84. The van der Waals surface area contributed by atoms with Gasteiger partial charge in [-0.05, 0) is 112 Å². The van der Waals surface area contributed by atoms with Crippen LogP contribution in [0.1, 0.15) is 79.7 Å². The molecule has 0 amide bonds. The Morgan fingerprint density at radius 2 is 1.22 bits per heavy atom. The summed E-state index contributed by atoms with van der Waals surface area (Å²) in [5.74, 6) is -0.439. The number of benzene rings is 3. The molecule has 0 aliphatic rings. The van der Waals surface area contributed by atoms with Crippen molar-refractivity contribution in [1.82, 2.24) is 0 Å². The Balaban J connectivity index is 0.00000235. The molecule has 0 bridgehead atoms. The Kier molecular flexibility index (Phi) is 9.73. The predicted octanol–water partition coefficient (Wildman–Crippen LogP) is 8.51. The van der Waals surface area contributed by atoms with Crippen LogP contribution in [0.5, 0.6) is 0 Å². The molecule has 1 atom stereocenters. The summed E-state index contributed by atoms with van der Waals surface area (Å²) in [5.41, 5.74) is 18.4. The van der Waals surface area contributed by atoms with E-state index in [0.717, 1.165) is 38.9 Å². The van der Waals surface area contributed by atoms with Gasteiger partial charge in [-0.1, -0.05) is 50.2 Å². The molecule has 4 heteroatoms. The smallest absolute Gasteiger partial charge is 0.339 e. The number of carbonyl (C=O) groups excluding carboxylic acids is 1. The maximum Gasteiger partial charge on any atom is 0.339 e. The van der Waals surface area contributed by atoms with Crippen LogP contribution in [-0.4, -0.2) is 18.7 Å². The lowest BCUT2D eigenvalue weighted by molar-refractivity contribution is -0.164. The lowest BCUT2D eigenvalue weighted by atomic mass is 9.81. The molecule has 0 saturated carbocycles. The summed E-state index contributed by atoms with van der Waals surface area (Å²) in [6, 6.07) is 12.8. The molecule has 3 rings (SSSR count). The third-order valence-corrected chi connectivity index (χ3v) is 6.84. The van der Waals surface area contributed by atoms with Crippen molar-refractivity contribution in [3.8, 4) is 22.3 Å². The molecule has 0 heterocycles. The number of hydrogen-bond acceptors (Lipinski definition) is 4. The average Bonchev–Trinajstić information content (AvgIpc) is 2.84. The number of hydrogen-bond donors (Lipinski definition) is 1. The Hall–Kier alpha value is -3.11. The van der Waals surface area contributed by atoms with E-state index in [0.29, 0.717) is 5.69 Å². The van der Waals surface area contributed by atoms with E-state index < -0.39 is 17.7 Å². The maximum absolute atomic E-state index is 13.1. The van der Waals surface area contributed by atoms with E-state index in [-0.39, 0.29) is 0 Å². The highest BCUT2D eigenvalue weighted by Gasteiger charge is 2.34. The summed E-state index contributed by atoms with van der Waals surface area (Å²) >= 11 is 0. The highest BCUT2D eigenvalue weighted by molar-refractivity contribution is 5.93. The predicted molar refractivity (Wildman–Crippen MR) is 157 cm³/mol. The quantitative estimate of drug-likeness (QED) is 0.280. The number of aryl methyl sites for hydroxylation is 4. The third kappa shape index (κ3) is 6.42. The van der Waals surface area contributed by atoms with Crippen LogP contribution in [-0.2, 0) is 14.3 Å². The molecule has 200 valence electrons. The van der Waals surface area contributed by atoms with Crippen LogP contribution >= 0.6 is 0 Å². The van der Waals surface area contributed by atoms with Gasteiger partial charge in [0.15, 0.2) is 6.10 Å². The first-order chi connectivity index (χ1) is 17.3. The average molecular weight is 504 g/mol. The van der Waals surface area contributed by atoms with E-state index in [9.17, 15) is 4.79 Å². The zero-order valence-electron chi connectivity index (χ0n) is 24.8. The van der Waals surface area contributed by atoms with Crippen molar-refractivity contribution in [3.63, 3.8) is 0 Å². The minimum absolute atomic E-state index is 0.439. The number of esters is 1. The summed E-state index contributed by atoms with van der Waals surface area (Å²) in [7, 11) is 1.39. The van der Waals surface area contributed by atoms with Crippen LogP contribution in [0.3, 0.4) is 0 Å². The monoisotopic (exact) mass is 503 g/mol. The van der Waals surface area contributed by atoms with Crippen molar-refractivity contribution >= 4 is 11.7 Å². The zero-order chi connectivity index (χ0) is 28.2. The van der Waals surface area contributed by atoms with Gasteiger partial charge < -0.3 is 15.2 Å². The molecule has 0 aliphatic carbocycles. The number of anilines is 1. The Bertz CT molecular complexity index is 1280. The number of rotatable bonds is 5. The lowest BCUT2D eigenvalue weighted by Crippen LogP contribution is -2.29. The van der Waals surface area contributed by atoms with E-state index >= 15 is 0 Å². The molecular formula is C33H45NO3. The first kappa shape index (κ1) is 30.1. The minimum Gasteiger partial charge on any atom is -0.467 e. The normalized spacial score (nSPS) is 12.0.